The van der Waals surface area contributed by atoms with Gasteiger partial charge in [-0.1, -0.05) is 18.2 Å². The van der Waals surface area contributed by atoms with Crippen LogP contribution in [0.3, 0.4) is 0 Å². The van der Waals surface area contributed by atoms with Crippen LogP contribution in [0.4, 0.5) is 4.39 Å². The predicted octanol–water partition coefficient (Wildman–Crippen LogP) is 3.74. The van der Waals surface area contributed by atoms with Crippen LogP contribution in [0.5, 0.6) is 0 Å². The second kappa shape index (κ2) is 6.42. The summed E-state index contributed by atoms with van der Waals surface area (Å²) in [5, 5.41) is 0. The van der Waals surface area contributed by atoms with Gasteiger partial charge in [0.15, 0.2) is 0 Å². The normalized spacial score (nSPS) is 15.9. The lowest BCUT2D eigenvalue weighted by Crippen LogP contribution is -2.27. The molecule has 0 spiro atoms. The summed E-state index contributed by atoms with van der Waals surface area (Å²) >= 11 is 0. The molecule has 0 radical (unpaired) electrons. The molecule has 0 aliphatic heterocycles. The van der Waals surface area contributed by atoms with Gasteiger partial charge in [0.05, 0.1) is 4.90 Å². The van der Waals surface area contributed by atoms with Crippen LogP contribution in [-0.2, 0) is 22.9 Å². The Balaban J connectivity index is 1.80. The van der Waals surface area contributed by atoms with E-state index in [2.05, 4.69) is 16.9 Å². The van der Waals surface area contributed by atoms with Crippen LogP contribution < -0.4 is 4.72 Å². The van der Waals surface area contributed by atoms with Crippen molar-refractivity contribution in [3.8, 4) is 0 Å². The third-order valence-electron chi connectivity index (χ3n) is 4.33. The van der Waals surface area contributed by atoms with Gasteiger partial charge in [-0.3, -0.25) is 0 Å². The van der Waals surface area contributed by atoms with Crippen molar-refractivity contribution < 1.29 is 12.8 Å². The van der Waals surface area contributed by atoms with E-state index in [0.717, 1.165) is 30.5 Å². The van der Waals surface area contributed by atoms with Crippen molar-refractivity contribution in [1.29, 1.82) is 0 Å². The molecule has 3 nitrogen and oxygen atoms in total. The van der Waals surface area contributed by atoms with E-state index < -0.39 is 15.8 Å². The molecule has 1 N–H and O–H groups in total. The minimum atomic E-state index is -3.66. The molecule has 0 aromatic heterocycles. The van der Waals surface area contributed by atoms with Crippen molar-refractivity contribution in [2.75, 3.05) is 0 Å². The van der Waals surface area contributed by atoms with E-state index in [1.807, 2.05) is 13.0 Å². The van der Waals surface area contributed by atoms with Gasteiger partial charge in [-0.25, -0.2) is 17.5 Å². The Hall–Kier alpha value is -1.72. The number of hydrogen-bond acceptors (Lipinski definition) is 2. The second-order valence-electron chi connectivity index (χ2n) is 6.03. The number of benzene rings is 2. The summed E-state index contributed by atoms with van der Waals surface area (Å²) in [5.41, 5.74) is 3.64. The number of halogens is 1. The lowest BCUT2D eigenvalue weighted by atomic mass is 9.89. The Kier molecular flexibility index (Phi) is 4.50. The number of hydrogen-bond donors (Lipinski definition) is 1. The lowest BCUT2D eigenvalue weighted by Gasteiger charge is -2.20. The Morgan fingerprint density at radius 3 is 2.35 bits per heavy atom. The Morgan fingerprint density at radius 2 is 1.65 bits per heavy atom. The molecule has 1 atom stereocenters. The Bertz CT molecular complexity index is 800. The monoisotopic (exact) mass is 333 g/mol. The maximum atomic E-state index is 12.9. The molecule has 0 saturated heterocycles. The third-order valence-corrected chi connectivity index (χ3v) is 5.89. The van der Waals surface area contributed by atoms with Gasteiger partial charge in [-0.2, -0.15) is 0 Å². The summed E-state index contributed by atoms with van der Waals surface area (Å²) in [6.07, 6.45) is 4.57. The van der Waals surface area contributed by atoms with Crippen LogP contribution in [0.2, 0.25) is 0 Å². The zero-order valence-electron chi connectivity index (χ0n) is 13.0. The first-order valence-corrected chi connectivity index (χ1v) is 9.33. The van der Waals surface area contributed by atoms with Gasteiger partial charge in [-0.05, 0) is 73.6 Å². The molecule has 0 fully saturated rings. The molecule has 122 valence electrons. The maximum absolute atomic E-state index is 12.9. The van der Waals surface area contributed by atoms with Gasteiger partial charge in [0.1, 0.15) is 5.82 Å². The van der Waals surface area contributed by atoms with Crippen molar-refractivity contribution in [3.63, 3.8) is 0 Å². The van der Waals surface area contributed by atoms with Crippen LogP contribution in [0.1, 0.15) is 42.5 Å². The maximum Gasteiger partial charge on any atom is 0.241 e. The van der Waals surface area contributed by atoms with E-state index >= 15 is 0 Å². The number of aryl methyl sites for hydroxylation is 2. The largest absolute Gasteiger partial charge is 0.241 e. The summed E-state index contributed by atoms with van der Waals surface area (Å²) in [6.45, 7) is 1.83. The molecule has 0 amide bonds. The Morgan fingerprint density at radius 1 is 1.00 bits per heavy atom. The lowest BCUT2D eigenvalue weighted by molar-refractivity contribution is 0.566. The first kappa shape index (κ1) is 16.1. The van der Waals surface area contributed by atoms with E-state index in [-0.39, 0.29) is 10.9 Å². The number of sulfonamides is 1. The summed E-state index contributed by atoms with van der Waals surface area (Å²) in [4.78, 5) is 0.0729. The van der Waals surface area contributed by atoms with Crippen LogP contribution in [-0.4, -0.2) is 8.42 Å². The molecule has 0 bridgehead atoms. The van der Waals surface area contributed by atoms with Crippen molar-refractivity contribution in [2.45, 2.75) is 43.5 Å². The van der Waals surface area contributed by atoms with Crippen molar-refractivity contribution >= 4 is 10.0 Å². The third kappa shape index (κ3) is 3.62. The minimum absolute atomic E-state index is 0.0729. The summed E-state index contributed by atoms with van der Waals surface area (Å²) in [5.74, 6) is -0.452. The van der Waals surface area contributed by atoms with Gasteiger partial charge in [0, 0.05) is 6.04 Å². The highest BCUT2D eigenvalue weighted by Crippen LogP contribution is 2.25. The average molecular weight is 333 g/mol. The summed E-state index contributed by atoms with van der Waals surface area (Å²) < 4.78 is 40.4. The van der Waals surface area contributed by atoms with Crippen LogP contribution >= 0.6 is 0 Å². The van der Waals surface area contributed by atoms with E-state index in [1.54, 1.807) is 0 Å². The van der Waals surface area contributed by atoms with Gasteiger partial charge in [-0.15, -0.1) is 0 Å². The van der Waals surface area contributed by atoms with E-state index in [4.69, 9.17) is 0 Å². The molecule has 1 aliphatic carbocycles. The zero-order chi connectivity index (χ0) is 16.4. The van der Waals surface area contributed by atoms with Crippen LogP contribution in [0.25, 0.3) is 0 Å². The van der Waals surface area contributed by atoms with E-state index in [1.165, 1.54) is 36.1 Å². The molecule has 0 unspecified atom stereocenters. The van der Waals surface area contributed by atoms with Crippen LogP contribution in [0, 0.1) is 5.82 Å². The molecule has 1 aliphatic rings. The SMILES string of the molecule is C[C@H](NS(=O)(=O)c1ccc(F)cc1)c1ccc2c(c1)CCCC2. The quantitative estimate of drug-likeness (QED) is 0.926. The minimum Gasteiger partial charge on any atom is -0.207 e. The highest BCUT2D eigenvalue weighted by Gasteiger charge is 2.19. The van der Waals surface area contributed by atoms with Gasteiger partial charge in [0.25, 0.3) is 0 Å². The number of nitrogens with one attached hydrogen (secondary N) is 1. The smallest absolute Gasteiger partial charge is 0.207 e. The first-order valence-electron chi connectivity index (χ1n) is 7.85. The van der Waals surface area contributed by atoms with Crippen molar-refractivity contribution in [2.24, 2.45) is 0 Å². The van der Waals surface area contributed by atoms with Gasteiger partial charge < -0.3 is 0 Å². The summed E-state index contributed by atoms with van der Waals surface area (Å²) in [6, 6.07) is 10.7. The highest BCUT2D eigenvalue weighted by molar-refractivity contribution is 7.89. The average Bonchev–Trinajstić information content (AvgIpc) is 2.54. The zero-order valence-corrected chi connectivity index (χ0v) is 13.9. The molecule has 23 heavy (non-hydrogen) atoms. The molecule has 5 heteroatoms. The highest BCUT2D eigenvalue weighted by atomic mass is 32.2. The number of rotatable bonds is 4. The Labute approximate surface area is 136 Å². The van der Waals surface area contributed by atoms with E-state index in [9.17, 15) is 12.8 Å². The summed E-state index contributed by atoms with van der Waals surface area (Å²) in [7, 11) is -3.66. The fraction of sp³-hybridized carbons (Fsp3) is 0.333. The predicted molar refractivity (Wildman–Crippen MR) is 88.2 cm³/mol. The molecule has 0 saturated carbocycles. The van der Waals surface area contributed by atoms with Gasteiger partial charge >= 0.3 is 0 Å². The van der Waals surface area contributed by atoms with E-state index in [0.29, 0.717) is 0 Å². The van der Waals surface area contributed by atoms with Crippen molar-refractivity contribution in [1.82, 2.24) is 4.72 Å². The second-order valence-corrected chi connectivity index (χ2v) is 7.75. The molecule has 0 heterocycles. The molecule has 2 aromatic rings. The van der Waals surface area contributed by atoms with Crippen molar-refractivity contribution in [3.05, 3.63) is 65.0 Å². The molecular weight excluding hydrogens is 313 g/mol. The topological polar surface area (TPSA) is 46.2 Å². The van der Waals surface area contributed by atoms with Crippen LogP contribution in [0.15, 0.2) is 47.4 Å². The molecule has 3 rings (SSSR count). The number of fused-ring (bicyclic) bond motifs is 1. The molecule has 2 aromatic carbocycles. The standard InChI is InChI=1S/C18H20FNO2S/c1-13(15-7-6-14-4-2-3-5-16(14)12-15)20-23(21,22)18-10-8-17(19)9-11-18/h6-13,20H,2-5H2,1H3/t13-/m0/s1. The molecular formula is C18H20FNO2S. The first-order chi connectivity index (χ1) is 11.0. The van der Waals surface area contributed by atoms with Gasteiger partial charge in [0.2, 0.25) is 10.0 Å². The fourth-order valence-corrected chi connectivity index (χ4v) is 4.24. The fourth-order valence-electron chi connectivity index (χ4n) is 3.01.